The highest BCUT2D eigenvalue weighted by atomic mass is 32.2. The Morgan fingerprint density at radius 2 is 2.12 bits per heavy atom. The van der Waals surface area contributed by atoms with E-state index in [1.54, 1.807) is 12.1 Å². The van der Waals surface area contributed by atoms with E-state index >= 15 is 0 Å². The maximum Gasteiger partial charge on any atom is 0.316 e. The highest BCUT2D eigenvalue weighted by molar-refractivity contribution is 8.00. The summed E-state index contributed by atoms with van der Waals surface area (Å²) in [6.07, 6.45) is 0. The zero-order chi connectivity index (χ0) is 17.6. The molecule has 0 unspecified atom stereocenters. The summed E-state index contributed by atoms with van der Waals surface area (Å²) in [5.74, 6) is 0.307. The summed E-state index contributed by atoms with van der Waals surface area (Å²) in [5.41, 5.74) is 0.00450. The average molecular weight is 377 g/mol. The van der Waals surface area contributed by atoms with Gasteiger partial charge in [-0.05, 0) is 23.6 Å². The van der Waals surface area contributed by atoms with Crippen LogP contribution in [-0.2, 0) is 16.1 Å². The molecule has 10 heteroatoms. The minimum atomic E-state index is -0.475. The predicted molar refractivity (Wildman–Crippen MR) is 91.2 cm³/mol. The number of thiophene rings is 1. The van der Waals surface area contributed by atoms with E-state index < -0.39 is 10.9 Å². The summed E-state index contributed by atoms with van der Waals surface area (Å²) in [7, 11) is 0. The molecule has 0 N–H and O–H groups in total. The number of aromatic nitrogens is 2. The fourth-order valence-electron chi connectivity index (χ4n) is 1.81. The van der Waals surface area contributed by atoms with Crippen molar-refractivity contribution in [2.45, 2.75) is 11.5 Å². The molecule has 0 bridgehead atoms. The zero-order valence-electron chi connectivity index (χ0n) is 12.7. The number of carbonyl (C=O) groups excluding carboxylic acids is 1. The van der Waals surface area contributed by atoms with Crippen LogP contribution in [0.5, 0.6) is 0 Å². The largest absolute Gasteiger partial charge is 0.455 e. The maximum atomic E-state index is 11.8. The second kappa shape index (κ2) is 7.90. The van der Waals surface area contributed by atoms with Gasteiger partial charge < -0.3 is 9.26 Å². The van der Waals surface area contributed by atoms with Crippen LogP contribution in [0.3, 0.4) is 0 Å². The van der Waals surface area contributed by atoms with Crippen molar-refractivity contribution in [1.29, 1.82) is 0 Å². The van der Waals surface area contributed by atoms with Gasteiger partial charge in [-0.3, -0.25) is 14.9 Å². The number of esters is 1. The molecule has 2 heterocycles. The summed E-state index contributed by atoms with van der Waals surface area (Å²) in [6, 6.07) is 9.69. The number of hydrogen-bond donors (Lipinski definition) is 0. The third-order valence-electron chi connectivity index (χ3n) is 2.97. The number of nitro benzene ring substituents is 1. The van der Waals surface area contributed by atoms with Crippen LogP contribution in [0.15, 0.2) is 51.2 Å². The Bertz CT molecular complexity index is 862. The number of carbonyl (C=O) groups is 1. The van der Waals surface area contributed by atoms with Gasteiger partial charge >= 0.3 is 5.97 Å². The quantitative estimate of drug-likeness (QED) is 0.266. The van der Waals surface area contributed by atoms with E-state index in [-0.39, 0.29) is 23.9 Å². The average Bonchev–Trinajstić information content (AvgIpc) is 3.29. The van der Waals surface area contributed by atoms with Crippen LogP contribution >= 0.6 is 23.1 Å². The van der Waals surface area contributed by atoms with Crippen LogP contribution in [0.4, 0.5) is 5.69 Å². The minimum absolute atomic E-state index is 0.00450. The number of nitrogens with zero attached hydrogens (tertiary/aromatic N) is 3. The molecule has 0 atom stereocenters. The number of rotatable bonds is 7. The fourth-order valence-corrected chi connectivity index (χ4v) is 3.16. The summed E-state index contributed by atoms with van der Waals surface area (Å²) in [5, 5.41) is 16.3. The Morgan fingerprint density at radius 3 is 2.80 bits per heavy atom. The molecule has 0 fully saturated rings. The molecular formula is C15H11N3O5S2. The number of thioether (sulfide) groups is 1. The first-order valence-corrected chi connectivity index (χ1v) is 8.87. The highest BCUT2D eigenvalue weighted by Gasteiger charge is 2.12. The van der Waals surface area contributed by atoms with Gasteiger partial charge in [0, 0.05) is 17.0 Å². The van der Waals surface area contributed by atoms with E-state index in [0.717, 1.165) is 9.77 Å². The Kier molecular flexibility index (Phi) is 5.41. The standard InChI is InChI=1S/C15H11N3O5S2/c19-14(9-25-11-5-3-10(4-6-11)18(20)21)22-8-13-16-15(17-23-13)12-2-1-7-24-12/h1-7H,8-9H2. The fraction of sp³-hybridized carbons (Fsp3) is 0.133. The van der Waals surface area contributed by atoms with Crippen LogP contribution in [0.1, 0.15) is 5.89 Å². The Labute approximate surface area is 150 Å². The van der Waals surface area contributed by atoms with E-state index in [9.17, 15) is 14.9 Å². The lowest BCUT2D eigenvalue weighted by Gasteiger charge is -2.02. The third-order valence-corrected chi connectivity index (χ3v) is 4.82. The first kappa shape index (κ1) is 17.1. The van der Waals surface area contributed by atoms with Crippen molar-refractivity contribution in [3.05, 3.63) is 57.8 Å². The third kappa shape index (κ3) is 4.64. The molecule has 0 saturated carbocycles. The Morgan fingerprint density at radius 1 is 1.32 bits per heavy atom. The molecule has 0 spiro atoms. The molecule has 0 amide bonds. The summed E-state index contributed by atoms with van der Waals surface area (Å²) in [6.45, 7) is -0.0992. The van der Waals surface area contributed by atoms with Crippen LogP contribution in [0, 0.1) is 10.1 Å². The molecular weight excluding hydrogens is 366 g/mol. The van der Waals surface area contributed by atoms with Gasteiger partial charge in [0.05, 0.1) is 15.6 Å². The molecule has 0 aliphatic rings. The molecule has 3 rings (SSSR count). The molecule has 128 valence electrons. The second-order valence-corrected chi connectivity index (χ2v) is 6.69. The Balaban J connectivity index is 1.46. The molecule has 25 heavy (non-hydrogen) atoms. The lowest BCUT2D eigenvalue weighted by Crippen LogP contribution is -2.07. The minimum Gasteiger partial charge on any atom is -0.455 e. The molecule has 3 aromatic rings. The monoisotopic (exact) mass is 377 g/mol. The summed E-state index contributed by atoms with van der Waals surface area (Å²) < 4.78 is 10.1. The van der Waals surface area contributed by atoms with Gasteiger partial charge in [0.1, 0.15) is 0 Å². The SMILES string of the molecule is O=C(CSc1ccc([N+](=O)[O-])cc1)OCc1nc(-c2cccs2)no1. The van der Waals surface area contributed by atoms with Crippen molar-refractivity contribution in [1.82, 2.24) is 10.1 Å². The smallest absolute Gasteiger partial charge is 0.316 e. The molecule has 0 aliphatic heterocycles. The lowest BCUT2D eigenvalue weighted by molar-refractivity contribution is -0.384. The van der Waals surface area contributed by atoms with Gasteiger partial charge in [0.25, 0.3) is 11.6 Å². The number of non-ortho nitro benzene ring substituents is 1. The van der Waals surface area contributed by atoms with Crippen molar-refractivity contribution < 1.29 is 19.0 Å². The first-order valence-electron chi connectivity index (χ1n) is 7.01. The molecule has 2 aromatic heterocycles. The van der Waals surface area contributed by atoms with E-state index in [4.69, 9.17) is 9.26 Å². The summed E-state index contributed by atoms with van der Waals surface area (Å²) >= 11 is 2.71. The van der Waals surface area contributed by atoms with Crippen molar-refractivity contribution >= 4 is 34.8 Å². The predicted octanol–water partition coefficient (Wildman–Crippen LogP) is 3.54. The number of hydrogen-bond acceptors (Lipinski definition) is 9. The molecule has 0 aliphatic carbocycles. The second-order valence-electron chi connectivity index (χ2n) is 4.69. The van der Waals surface area contributed by atoms with E-state index in [1.165, 1.54) is 35.2 Å². The number of nitro groups is 1. The van der Waals surface area contributed by atoms with Crippen LogP contribution in [-0.4, -0.2) is 26.8 Å². The van der Waals surface area contributed by atoms with Gasteiger partial charge in [0.2, 0.25) is 5.82 Å². The number of ether oxygens (including phenoxy) is 1. The van der Waals surface area contributed by atoms with E-state index in [0.29, 0.717) is 5.82 Å². The van der Waals surface area contributed by atoms with Gasteiger partial charge in [-0.2, -0.15) is 4.98 Å². The van der Waals surface area contributed by atoms with Crippen LogP contribution < -0.4 is 0 Å². The van der Waals surface area contributed by atoms with Crippen LogP contribution in [0.2, 0.25) is 0 Å². The summed E-state index contributed by atoms with van der Waals surface area (Å²) in [4.78, 5) is 27.6. The first-order chi connectivity index (χ1) is 12.1. The van der Waals surface area contributed by atoms with Crippen molar-refractivity contribution in [2.75, 3.05) is 5.75 Å². The topological polar surface area (TPSA) is 108 Å². The molecule has 0 saturated heterocycles. The highest BCUT2D eigenvalue weighted by Crippen LogP contribution is 2.23. The van der Waals surface area contributed by atoms with Gasteiger partial charge in [-0.25, -0.2) is 0 Å². The molecule has 0 radical (unpaired) electrons. The van der Waals surface area contributed by atoms with Crippen molar-refractivity contribution in [3.8, 4) is 10.7 Å². The van der Waals surface area contributed by atoms with E-state index in [2.05, 4.69) is 10.1 Å². The van der Waals surface area contributed by atoms with Crippen molar-refractivity contribution in [2.24, 2.45) is 0 Å². The van der Waals surface area contributed by atoms with Crippen molar-refractivity contribution in [3.63, 3.8) is 0 Å². The van der Waals surface area contributed by atoms with E-state index in [1.807, 2.05) is 17.5 Å². The van der Waals surface area contributed by atoms with Crippen LogP contribution in [0.25, 0.3) is 10.7 Å². The lowest BCUT2D eigenvalue weighted by atomic mass is 10.3. The molecule has 1 aromatic carbocycles. The maximum absolute atomic E-state index is 11.8. The molecule has 8 nitrogen and oxygen atoms in total. The Hall–Kier alpha value is -2.72. The van der Waals surface area contributed by atoms with Gasteiger partial charge in [-0.15, -0.1) is 23.1 Å². The zero-order valence-corrected chi connectivity index (χ0v) is 14.3. The number of benzene rings is 1. The van der Waals surface area contributed by atoms with Gasteiger partial charge in [0.15, 0.2) is 6.61 Å². The normalized spacial score (nSPS) is 10.6. The van der Waals surface area contributed by atoms with Gasteiger partial charge in [-0.1, -0.05) is 11.2 Å².